The van der Waals surface area contributed by atoms with Crippen LogP contribution in [-0.4, -0.2) is 32.6 Å². The molecule has 5 N–H and O–H groups in total. The number of aromatic hydroxyl groups is 1. The van der Waals surface area contributed by atoms with Gasteiger partial charge in [-0.2, -0.15) is 13.2 Å². The van der Waals surface area contributed by atoms with E-state index in [1.807, 2.05) is 24.3 Å². The first-order chi connectivity index (χ1) is 12.8. The number of hydrogen-bond donors (Lipinski definition) is 1. The Labute approximate surface area is 212 Å². The van der Waals surface area contributed by atoms with Crippen molar-refractivity contribution >= 4 is 48.2 Å². The van der Waals surface area contributed by atoms with Gasteiger partial charge in [0.05, 0.1) is 10.2 Å². The summed E-state index contributed by atoms with van der Waals surface area (Å²) in [6.07, 6.45) is -5.25. The van der Waals surface area contributed by atoms with Gasteiger partial charge in [-0.25, -0.2) is 0 Å². The van der Waals surface area contributed by atoms with E-state index in [2.05, 4.69) is 0 Å². The largest absolute Gasteiger partial charge is 0.506 e. The number of carbonyl (C=O) groups is 1. The minimum Gasteiger partial charge on any atom is -0.506 e. The second-order valence-electron chi connectivity index (χ2n) is 6.04. The number of alkyl halides is 3. The van der Waals surface area contributed by atoms with E-state index in [1.165, 1.54) is 17.4 Å². The summed E-state index contributed by atoms with van der Waals surface area (Å²) in [7, 11) is 0. The van der Waals surface area contributed by atoms with Crippen LogP contribution < -0.4 is 5.56 Å². The topological polar surface area (TPSA) is 122 Å². The Hall–Kier alpha value is -1.37. The first-order valence-corrected chi connectivity index (χ1v) is 8.88. The van der Waals surface area contributed by atoms with Crippen LogP contribution in [0, 0.1) is 49.4 Å². The maximum absolute atomic E-state index is 12.9. The van der Waals surface area contributed by atoms with Gasteiger partial charge < -0.3 is 20.6 Å². The van der Waals surface area contributed by atoms with Gasteiger partial charge in [0.2, 0.25) is 0 Å². The van der Waals surface area contributed by atoms with Gasteiger partial charge >= 0.3 is 6.18 Å². The zero-order valence-corrected chi connectivity index (χ0v) is 18.5. The summed E-state index contributed by atoms with van der Waals surface area (Å²) in [5, 5.41) is 12.2. The average Bonchev–Trinajstić information content (AvgIpc) is 3.00. The minimum atomic E-state index is -5.25. The zero-order valence-electron chi connectivity index (χ0n) is 15.3. The van der Waals surface area contributed by atoms with Gasteiger partial charge in [-0.05, 0) is 19.1 Å². The molecule has 0 saturated carbocycles. The number of ketones is 1. The monoisotopic (exact) mass is 580 g/mol. The first-order valence-electron chi connectivity index (χ1n) is 8.07. The Bertz CT molecular complexity index is 1310. The number of hydrogen-bond acceptors (Lipinski definition) is 4. The molecule has 0 bridgehead atoms. The van der Waals surface area contributed by atoms with Gasteiger partial charge in [0.1, 0.15) is 11.3 Å². The fourth-order valence-electron chi connectivity index (χ4n) is 3.35. The fraction of sp³-hybridized carbons (Fsp3) is 0.158. The second kappa shape index (κ2) is 9.41. The van der Waals surface area contributed by atoms with Crippen LogP contribution in [0.25, 0.3) is 31.1 Å². The summed E-state index contributed by atoms with van der Waals surface area (Å²) in [5.74, 6) is -3.27. The number of aryl methyl sites for hydroxylation is 1. The van der Waals surface area contributed by atoms with Crippen LogP contribution in [0.1, 0.15) is 17.3 Å². The number of aromatic nitrogens is 1. The molecule has 4 rings (SSSR count). The Balaban J connectivity index is 0.00000150. The third kappa shape index (κ3) is 3.94. The molecule has 0 saturated heterocycles. The maximum Gasteiger partial charge on any atom is 0.455 e. The minimum absolute atomic E-state index is 0. The van der Waals surface area contributed by atoms with Crippen molar-refractivity contribution in [2.24, 2.45) is 0 Å². The normalized spacial score (nSPS) is 11.1. The SMILES string of the molecule is CCn1c(=O)c(C(=O)C(F)(F)F)c(O)c2ccc3c4ccccc4sc3c21.O.O.[Eu]. The van der Waals surface area contributed by atoms with Gasteiger partial charge in [0.15, 0.2) is 0 Å². The summed E-state index contributed by atoms with van der Waals surface area (Å²) < 4.78 is 41.5. The molecule has 0 spiro atoms. The molecule has 0 aliphatic rings. The molecule has 11 heteroatoms. The number of thiophene rings is 1. The summed E-state index contributed by atoms with van der Waals surface area (Å²) >= 11 is 1.38. The number of carbonyl (C=O) groups excluding carboxylic acids is 1. The predicted molar refractivity (Wildman–Crippen MR) is 106 cm³/mol. The van der Waals surface area contributed by atoms with Crippen molar-refractivity contribution < 1.29 is 83.4 Å². The summed E-state index contributed by atoms with van der Waals surface area (Å²) in [4.78, 5) is 24.4. The molecular formula is C19H16EuF3NO5S. The number of pyridine rings is 1. The van der Waals surface area contributed by atoms with Crippen LogP contribution in [-0.2, 0) is 6.54 Å². The van der Waals surface area contributed by atoms with E-state index < -0.39 is 28.8 Å². The van der Waals surface area contributed by atoms with Gasteiger partial charge in [0, 0.05) is 76.8 Å². The van der Waals surface area contributed by atoms with Crippen molar-refractivity contribution in [1.82, 2.24) is 4.57 Å². The van der Waals surface area contributed by atoms with E-state index in [1.54, 1.807) is 13.0 Å². The van der Waals surface area contributed by atoms with Crippen molar-refractivity contribution in [3.63, 3.8) is 0 Å². The standard InChI is InChI=1S/C19H12F3NO3S.Eu.2H2O/c1-2-23-14-11(15(24)13(18(23)26)17(25)19(20,21)22)8-7-10-9-5-3-4-6-12(9)27-16(10)14;;;/h3-8,24H,2H2,1H3;;2*1H2. The van der Waals surface area contributed by atoms with Gasteiger partial charge in [0.25, 0.3) is 11.3 Å². The third-order valence-electron chi connectivity index (χ3n) is 4.54. The van der Waals surface area contributed by atoms with E-state index in [-0.39, 0.29) is 72.3 Å². The molecule has 161 valence electrons. The Morgan fingerprint density at radius 2 is 1.67 bits per heavy atom. The van der Waals surface area contributed by atoms with Crippen molar-refractivity contribution in [2.75, 3.05) is 0 Å². The summed E-state index contributed by atoms with van der Waals surface area (Å²) in [6, 6.07) is 10.7. The predicted octanol–water partition coefficient (Wildman–Crippen LogP) is 3.19. The molecule has 2 heterocycles. The van der Waals surface area contributed by atoms with Crippen molar-refractivity contribution in [3.05, 3.63) is 52.3 Å². The number of rotatable bonds is 2. The van der Waals surface area contributed by atoms with Crippen LogP contribution in [0.2, 0.25) is 0 Å². The number of Topliss-reactive ketones (excluding diaryl/α,β-unsaturated/α-hetero) is 1. The average molecular weight is 579 g/mol. The number of benzene rings is 2. The molecule has 1 radical (unpaired) electrons. The molecule has 2 aromatic heterocycles. The Morgan fingerprint density at radius 3 is 2.27 bits per heavy atom. The van der Waals surface area contributed by atoms with E-state index in [0.29, 0.717) is 10.2 Å². The van der Waals surface area contributed by atoms with Gasteiger partial charge in [-0.15, -0.1) is 11.3 Å². The van der Waals surface area contributed by atoms with Gasteiger partial charge in [-0.1, -0.05) is 24.3 Å². The zero-order chi connectivity index (χ0) is 19.5. The van der Waals surface area contributed by atoms with Crippen molar-refractivity contribution in [2.45, 2.75) is 19.6 Å². The molecular weight excluding hydrogens is 563 g/mol. The molecule has 0 fully saturated rings. The van der Waals surface area contributed by atoms with Crippen LogP contribution in [0.4, 0.5) is 13.2 Å². The summed E-state index contributed by atoms with van der Waals surface area (Å²) in [6.45, 7) is 1.66. The quantitative estimate of drug-likeness (QED) is 0.367. The molecule has 0 aliphatic carbocycles. The molecule has 6 nitrogen and oxygen atoms in total. The molecule has 4 aromatic rings. The molecule has 30 heavy (non-hydrogen) atoms. The molecule has 0 unspecified atom stereocenters. The number of nitrogens with zero attached hydrogens (tertiary/aromatic N) is 1. The maximum atomic E-state index is 12.9. The van der Waals surface area contributed by atoms with Crippen LogP contribution in [0.15, 0.2) is 41.2 Å². The first kappa shape index (κ1) is 26.7. The number of halogens is 3. The third-order valence-corrected chi connectivity index (χ3v) is 5.74. The van der Waals surface area contributed by atoms with Crippen molar-refractivity contribution in [3.8, 4) is 5.75 Å². The van der Waals surface area contributed by atoms with Gasteiger partial charge in [-0.3, -0.25) is 9.59 Å². The fourth-order valence-corrected chi connectivity index (χ4v) is 4.61. The summed E-state index contributed by atoms with van der Waals surface area (Å²) in [5.41, 5.74) is -2.05. The molecule has 2 aromatic carbocycles. The van der Waals surface area contributed by atoms with Crippen LogP contribution >= 0.6 is 11.3 Å². The molecule has 0 amide bonds. The van der Waals surface area contributed by atoms with E-state index in [9.17, 15) is 27.9 Å². The molecule has 0 aliphatic heterocycles. The number of fused-ring (bicyclic) bond motifs is 5. The van der Waals surface area contributed by atoms with E-state index in [4.69, 9.17) is 0 Å². The smallest absolute Gasteiger partial charge is 0.455 e. The van der Waals surface area contributed by atoms with Crippen molar-refractivity contribution in [1.29, 1.82) is 0 Å². The van der Waals surface area contributed by atoms with E-state index in [0.717, 1.165) is 20.0 Å². The molecule has 0 atom stereocenters. The van der Waals surface area contributed by atoms with Crippen LogP contribution in [0.3, 0.4) is 0 Å². The Morgan fingerprint density at radius 1 is 1.07 bits per heavy atom. The van der Waals surface area contributed by atoms with Crippen LogP contribution in [0.5, 0.6) is 5.75 Å². The second-order valence-corrected chi connectivity index (χ2v) is 7.09. The van der Waals surface area contributed by atoms with E-state index >= 15 is 0 Å². The Kier molecular flexibility index (Phi) is 8.37.